The molecule has 2 aromatic rings. The molecule has 150 valence electrons. The van der Waals surface area contributed by atoms with E-state index in [4.69, 9.17) is 0 Å². The van der Waals surface area contributed by atoms with Crippen LogP contribution in [0, 0.1) is 0 Å². The molecule has 0 bridgehead atoms. The molecule has 0 aliphatic carbocycles. The first kappa shape index (κ1) is 20.8. The summed E-state index contributed by atoms with van der Waals surface area (Å²) in [6.07, 6.45) is 5.31. The number of hydrogen-bond acceptors (Lipinski definition) is 5. The van der Waals surface area contributed by atoms with E-state index in [9.17, 15) is 13.2 Å². The van der Waals surface area contributed by atoms with E-state index in [0.29, 0.717) is 5.56 Å². The molecule has 0 atom stereocenters. The van der Waals surface area contributed by atoms with Crippen molar-refractivity contribution < 1.29 is 13.2 Å². The van der Waals surface area contributed by atoms with Gasteiger partial charge >= 0.3 is 0 Å². The molecule has 1 aliphatic heterocycles. The van der Waals surface area contributed by atoms with E-state index in [1.54, 1.807) is 30.5 Å². The Labute approximate surface area is 174 Å². The molecule has 6 nitrogen and oxygen atoms in total. The largest absolute Gasteiger partial charge is 0.357 e. The molecular weight excluding hydrogens is 442 g/mol. The van der Waals surface area contributed by atoms with Crippen LogP contribution in [0.15, 0.2) is 47.1 Å². The number of hydrogen-bond donors (Lipinski definition) is 1. The fraction of sp³-hybridized carbons (Fsp3) is 0.400. The number of sulfone groups is 1. The molecule has 0 radical (unpaired) electrons. The van der Waals surface area contributed by atoms with E-state index in [1.165, 1.54) is 19.3 Å². The minimum Gasteiger partial charge on any atom is -0.357 e. The maximum absolute atomic E-state index is 12.3. The first-order chi connectivity index (χ1) is 13.4. The van der Waals surface area contributed by atoms with Crippen molar-refractivity contribution in [2.24, 2.45) is 0 Å². The summed E-state index contributed by atoms with van der Waals surface area (Å²) in [5.41, 5.74) is 1.57. The minimum absolute atomic E-state index is 0.151. The zero-order chi connectivity index (χ0) is 20.0. The van der Waals surface area contributed by atoms with Crippen LogP contribution in [0.2, 0.25) is 0 Å². The number of aromatic nitrogens is 1. The number of rotatable bonds is 7. The summed E-state index contributed by atoms with van der Waals surface area (Å²) < 4.78 is 25.4. The Kier molecular flexibility index (Phi) is 7.07. The third kappa shape index (κ3) is 6.31. The van der Waals surface area contributed by atoms with E-state index in [1.807, 2.05) is 12.1 Å². The SMILES string of the molecule is O=C(CS(=O)(=O)Cc1ccc(Br)cc1)NCc1ccnc(N2CCCCC2)c1. The van der Waals surface area contributed by atoms with Gasteiger partial charge in [-0.25, -0.2) is 13.4 Å². The molecule has 0 spiro atoms. The quantitative estimate of drug-likeness (QED) is 0.679. The van der Waals surface area contributed by atoms with Gasteiger partial charge in [-0.15, -0.1) is 0 Å². The van der Waals surface area contributed by atoms with Gasteiger partial charge in [-0.2, -0.15) is 0 Å². The maximum Gasteiger partial charge on any atom is 0.235 e. The first-order valence-electron chi connectivity index (χ1n) is 9.33. The highest BCUT2D eigenvalue weighted by Gasteiger charge is 2.18. The van der Waals surface area contributed by atoms with Gasteiger partial charge in [0.1, 0.15) is 11.6 Å². The molecule has 2 heterocycles. The normalized spacial score (nSPS) is 14.7. The number of anilines is 1. The van der Waals surface area contributed by atoms with E-state index < -0.39 is 21.5 Å². The monoisotopic (exact) mass is 465 g/mol. The summed E-state index contributed by atoms with van der Waals surface area (Å²) in [4.78, 5) is 18.8. The second-order valence-corrected chi connectivity index (χ2v) is 9.99. The van der Waals surface area contributed by atoms with Crippen LogP contribution in [0.3, 0.4) is 0 Å². The molecule has 28 heavy (non-hydrogen) atoms. The molecule has 1 saturated heterocycles. The van der Waals surface area contributed by atoms with Crippen molar-refractivity contribution in [2.45, 2.75) is 31.6 Å². The molecule has 1 aliphatic rings. The van der Waals surface area contributed by atoms with E-state index in [-0.39, 0.29) is 12.3 Å². The van der Waals surface area contributed by atoms with Crippen molar-refractivity contribution in [2.75, 3.05) is 23.7 Å². The van der Waals surface area contributed by atoms with Crippen LogP contribution in [-0.4, -0.2) is 38.2 Å². The van der Waals surface area contributed by atoms with Gasteiger partial charge in [-0.3, -0.25) is 4.79 Å². The topological polar surface area (TPSA) is 79.4 Å². The Morgan fingerprint density at radius 3 is 2.50 bits per heavy atom. The Balaban J connectivity index is 1.52. The summed E-state index contributed by atoms with van der Waals surface area (Å²) in [5, 5.41) is 2.71. The Morgan fingerprint density at radius 1 is 1.07 bits per heavy atom. The van der Waals surface area contributed by atoms with Crippen LogP contribution in [-0.2, 0) is 26.9 Å². The minimum atomic E-state index is -3.52. The molecule has 1 aromatic heterocycles. The number of halogens is 1. The molecular formula is C20H24BrN3O3S. The third-order valence-corrected chi connectivity index (χ3v) is 6.63. The summed E-state index contributed by atoms with van der Waals surface area (Å²) in [7, 11) is -3.52. The van der Waals surface area contributed by atoms with Gasteiger partial charge in [0.15, 0.2) is 9.84 Å². The second kappa shape index (κ2) is 9.52. The van der Waals surface area contributed by atoms with Crippen molar-refractivity contribution >= 4 is 37.5 Å². The van der Waals surface area contributed by atoms with Gasteiger partial charge in [0.05, 0.1) is 5.75 Å². The molecule has 3 rings (SSSR count). The molecule has 1 fully saturated rings. The standard InChI is InChI=1S/C20H24BrN3O3S/c21-18-6-4-16(5-7-18)14-28(26,27)15-20(25)23-13-17-8-9-22-19(12-17)24-10-2-1-3-11-24/h4-9,12H,1-3,10-11,13-15H2,(H,23,25). The van der Waals surface area contributed by atoms with Crippen LogP contribution < -0.4 is 10.2 Å². The van der Waals surface area contributed by atoms with Crippen LogP contribution in [0.25, 0.3) is 0 Å². The lowest BCUT2D eigenvalue weighted by Crippen LogP contribution is -2.31. The van der Waals surface area contributed by atoms with Gasteiger partial charge in [0.2, 0.25) is 5.91 Å². The van der Waals surface area contributed by atoms with Crippen LogP contribution >= 0.6 is 15.9 Å². The van der Waals surface area contributed by atoms with Crippen molar-refractivity contribution in [1.82, 2.24) is 10.3 Å². The van der Waals surface area contributed by atoms with Gasteiger partial charge in [0.25, 0.3) is 0 Å². The summed E-state index contributed by atoms with van der Waals surface area (Å²) in [5.74, 6) is -0.252. The average molecular weight is 466 g/mol. The first-order valence-corrected chi connectivity index (χ1v) is 11.9. The molecule has 1 amide bonds. The van der Waals surface area contributed by atoms with Gasteiger partial charge in [-0.1, -0.05) is 28.1 Å². The average Bonchev–Trinajstić information content (AvgIpc) is 2.68. The lowest BCUT2D eigenvalue weighted by atomic mass is 10.1. The molecule has 0 saturated carbocycles. The van der Waals surface area contributed by atoms with Gasteiger partial charge in [0, 0.05) is 30.3 Å². The number of amides is 1. The van der Waals surface area contributed by atoms with E-state index in [0.717, 1.165) is 28.9 Å². The fourth-order valence-electron chi connectivity index (χ4n) is 3.20. The van der Waals surface area contributed by atoms with Crippen molar-refractivity contribution in [1.29, 1.82) is 0 Å². The van der Waals surface area contributed by atoms with E-state index >= 15 is 0 Å². The van der Waals surface area contributed by atoms with Crippen molar-refractivity contribution in [3.63, 3.8) is 0 Å². The third-order valence-electron chi connectivity index (χ3n) is 4.63. The molecule has 1 aromatic carbocycles. The number of carbonyl (C=O) groups excluding carboxylic acids is 1. The predicted molar refractivity (Wildman–Crippen MR) is 114 cm³/mol. The number of nitrogens with zero attached hydrogens (tertiary/aromatic N) is 2. The van der Waals surface area contributed by atoms with Crippen LogP contribution in [0.5, 0.6) is 0 Å². The molecule has 1 N–H and O–H groups in total. The highest BCUT2D eigenvalue weighted by molar-refractivity contribution is 9.10. The Morgan fingerprint density at radius 2 is 1.79 bits per heavy atom. The van der Waals surface area contributed by atoms with Gasteiger partial charge in [-0.05, 0) is 54.7 Å². The van der Waals surface area contributed by atoms with Gasteiger partial charge < -0.3 is 10.2 Å². The summed E-state index contributed by atoms with van der Waals surface area (Å²) >= 11 is 3.32. The lowest BCUT2D eigenvalue weighted by Gasteiger charge is -2.27. The van der Waals surface area contributed by atoms with Crippen molar-refractivity contribution in [3.05, 3.63) is 58.2 Å². The van der Waals surface area contributed by atoms with E-state index in [2.05, 4.69) is 31.1 Å². The number of pyridine rings is 1. The number of nitrogens with one attached hydrogen (secondary N) is 1. The highest BCUT2D eigenvalue weighted by atomic mass is 79.9. The second-order valence-electron chi connectivity index (χ2n) is 7.01. The predicted octanol–water partition coefficient (Wildman–Crippen LogP) is 3.07. The summed E-state index contributed by atoms with van der Waals surface area (Å²) in [6.45, 7) is 2.28. The zero-order valence-corrected chi connectivity index (χ0v) is 18.0. The number of carbonyl (C=O) groups is 1. The molecule has 0 unspecified atom stereocenters. The fourth-order valence-corrected chi connectivity index (χ4v) is 4.77. The zero-order valence-electron chi connectivity index (χ0n) is 15.6. The van der Waals surface area contributed by atoms with Crippen LogP contribution in [0.1, 0.15) is 30.4 Å². The Bertz CT molecular complexity index is 911. The number of benzene rings is 1. The lowest BCUT2D eigenvalue weighted by molar-refractivity contribution is -0.118. The van der Waals surface area contributed by atoms with Crippen LogP contribution in [0.4, 0.5) is 5.82 Å². The van der Waals surface area contributed by atoms with Crippen molar-refractivity contribution in [3.8, 4) is 0 Å². The smallest absolute Gasteiger partial charge is 0.235 e. The maximum atomic E-state index is 12.3. The number of piperidine rings is 1. The Hall–Kier alpha value is -1.93. The molecule has 8 heteroatoms. The summed E-state index contributed by atoms with van der Waals surface area (Å²) in [6, 6.07) is 10.8. The highest BCUT2D eigenvalue weighted by Crippen LogP contribution is 2.18.